The first-order valence-corrected chi connectivity index (χ1v) is 17.5. The lowest BCUT2D eigenvalue weighted by Crippen LogP contribution is -2.56. The number of ether oxygens (including phenoxy) is 2. The fraction of sp³-hybridized carbons (Fsp3) is 0.529. The number of fused-ring (bicyclic) bond motifs is 6. The molecular formula is C34H36F2N8O2S. The number of nitriles is 1. The zero-order valence-electron chi connectivity index (χ0n) is 26.0. The van der Waals surface area contributed by atoms with Gasteiger partial charge in [-0.3, -0.25) is 9.88 Å². The molecule has 0 radical (unpaired) electrons. The number of aromatic nitrogens is 3. The molecule has 4 bridgehead atoms. The summed E-state index contributed by atoms with van der Waals surface area (Å²) in [6, 6.07) is 6.52. The Morgan fingerprint density at radius 1 is 1.11 bits per heavy atom. The molecule has 7 heterocycles. The highest BCUT2D eigenvalue weighted by Crippen LogP contribution is 2.48. The molecule has 47 heavy (non-hydrogen) atoms. The van der Waals surface area contributed by atoms with Crippen LogP contribution in [0.1, 0.15) is 50.5 Å². The SMILES string of the molecule is N#Cc1c(N)sc2c(F)ccc(-c3ncc4c(N5CC6CCC(C5)N6)nc(OCC5(CN6C7CCCC6COC7)CC5)nc4c3F)c12. The maximum atomic E-state index is 16.8. The van der Waals surface area contributed by atoms with E-state index in [2.05, 4.69) is 31.2 Å². The van der Waals surface area contributed by atoms with E-state index in [0.717, 1.165) is 69.9 Å². The Balaban J connectivity index is 1.10. The largest absolute Gasteiger partial charge is 0.463 e. The molecule has 0 amide bonds. The van der Waals surface area contributed by atoms with Gasteiger partial charge in [-0.05, 0) is 50.7 Å². The van der Waals surface area contributed by atoms with E-state index in [4.69, 9.17) is 20.2 Å². The van der Waals surface area contributed by atoms with E-state index in [1.54, 1.807) is 6.20 Å². The highest BCUT2D eigenvalue weighted by atomic mass is 32.1. The van der Waals surface area contributed by atoms with E-state index >= 15 is 4.39 Å². The molecule has 10 nitrogen and oxygen atoms in total. The second kappa shape index (κ2) is 11.2. The van der Waals surface area contributed by atoms with E-state index in [1.165, 1.54) is 31.4 Å². The number of nitrogen functional groups attached to an aromatic ring is 1. The van der Waals surface area contributed by atoms with Crippen LogP contribution in [0.15, 0.2) is 18.3 Å². The average molecular weight is 659 g/mol. The van der Waals surface area contributed by atoms with E-state index in [9.17, 15) is 9.65 Å². The van der Waals surface area contributed by atoms with Crippen molar-refractivity contribution in [2.45, 2.75) is 69.1 Å². The van der Waals surface area contributed by atoms with E-state index < -0.39 is 11.6 Å². The summed E-state index contributed by atoms with van der Waals surface area (Å²) in [5, 5.41) is 14.4. The first kappa shape index (κ1) is 29.4. The maximum Gasteiger partial charge on any atom is 0.319 e. The van der Waals surface area contributed by atoms with E-state index in [-0.39, 0.29) is 43.3 Å². The fourth-order valence-electron chi connectivity index (χ4n) is 8.29. The number of halogens is 2. The number of piperidine rings is 1. The Hall–Kier alpha value is -3.70. The quantitative estimate of drug-likeness (QED) is 0.281. The summed E-state index contributed by atoms with van der Waals surface area (Å²) in [5.74, 6) is -0.583. The number of pyridine rings is 1. The van der Waals surface area contributed by atoms with Gasteiger partial charge in [0.05, 0.1) is 35.5 Å². The number of nitrogens with one attached hydrogen (secondary N) is 1. The first-order valence-electron chi connectivity index (χ1n) is 16.6. The summed E-state index contributed by atoms with van der Waals surface area (Å²) in [6.45, 7) is 4.49. The number of anilines is 2. The highest BCUT2D eigenvalue weighted by Gasteiger charge is 2.48. The van der Waals surface area contributed by atoms with Crippen molar-refractivity contribution in [3.05, 3.63) is 35.5 Å². The van der Waals surface area contributed by atoms with Crippen molar-refractivity contribution in [2.24, 2.45) is 5.41 Å². The molecule has 13 heteroatoms. The van der Waals surface area contributed by atoms with Gasteiger partial charge in [0, 0.05) is 66.4 Å². The van der Waals surface area contributed by atoms with E-state index in [1.807, 2.05) is 0 Å². The van der Waals surface area contributed by atoms with Crippen LogP contribution >= 0.6 is 11.3 Å². The number of hydrogen-bond acceptors (Lipinski definition) is 11. The molecule has 0 spiro atoms. The second-order valence-corrected chi connectivity index (χ2v) is 15.1. The molecular weight excluding hydrogens is 622 g/mol. The Morgan fingerprint density at radius 3 is 2.60 bits per heavy atom. The molecule has 5 fully saturated rings. The van der Waals surface area contributed by atoms with Crippen molar-refractivity contribution in [2.75, 3.05) is 50.1 Å². The van der Waals surface area contributed by atoms with Crippen molar-refractivity contribution >= 4 is 43.1 Å². The van der Waals surface area contributed by atoms with Gasteiger partial charge in [0.25, 0.3) is 0 Å². The number of morpholine rings is 1. The molecule has 9 rings (SSSR count). The molecule has 244 valence electrons. The van der Waals surface area contributed by atoms with Gasteiger partial charge in [0.2, 0.25) is 0 Å². The Labute approximate surface area is 274 Å². The third-order valence-electron chi connectivity index (χ3n) is 11.0. The van der Waals surface area contributed by atoms with Crippen LogP contribution in [0.2, 0.25) is 0 Å². The standard InChI is InChI=1S/C34H36F2N8O2S/c35-25-7-6-22(26-23(10-37)31(38)47-30(25)26)28-27(36)29-24(11-39-28)32(43-12-18-4-5-19(13-43)40-18)42-33(41-29)46-17-34(8-9-34)16-44-20-2-1-3-21(44)15-45-14-20/h6-7,11,18-21,40H,1-5,8-9,12-17,38H2. The Kier molecular flexibility index (Phi) is 7.01. The lowest BCUT2D eigenvalue weighted by molar-refractivity contribution is -0.0831. The van der Waals surface area contributed by atoms with Crippen LogP contribution in [-0.2, 0) is 4.74 Å². The molecule has 4 atom stereocenters. The summed E-state index contributed by atoms with van der Waals surface area (Å²) >= 11 is 0.972. The van der Waals surface area contributed by atoms with Crippen LogP contribution in [0, 0.1) is 28.4 Å². The molecule has 4 saturated heterocycles. The highest BCUT2D eigenvalue weighted by molar-refractivity contribution is 7.23. The molecule has 1 aliphatic carbocycles. The van der Waals surface area contributed by atoms with Gasteiger partial charge in [-0.25, -0.2) is 8.78 Å². The zero-order chi connectivity index (χ0) is 31.9. The minimum Gasteiger partial charge on any atom is -0.463 e. The number of rotatable bonds is 7. The maximum absolute atomic E-state index is 16.8. The van der Waals surface area contributed by atoms with Crippen LogP contribution in [-0.4, -0.2) is 83.5 Å². The van der Waals surface area contributed by atoms with Gasteiger partial charge in [-0.2, -0.15) is 15.2 Å². The first-order chi connectivity index (χ1) is 22.9. The van der Waals surface area contributed by atoms with Crippen LogP contribution in [0.25, 0.3) is 32.2 Å². The van der Waals surface area contributed by atoms with E-state index in [0.29, 0.717) is 47.5 Å². The lowest BCUT2D eigenvalue weighted by Gasteiger charge is -2.47. The zero-order valence-corrected chi connectivity index (χ0v) is 26.8. The molecule has 4 aliphatic heterocycles. The second-order valence-electron chi connectivity index (χ2n) is 14.0. The summed E-state index contributed by atoms with van der Waals surface area (Å²) < 4.78 is 44.1. The van der Waals surface area contributed by atoms with Gasteiger partial charge in [-0.1, -0.05) is 6.42 Å². The topological polar surface area (TPSA) is 125 Å². The molecule has 5 aliphatic rings. The monoisotopic (exact) mass is 658 g/mol. The predicted molar refractivity (Wildman–Crippen MR) is 175 cm³/mol. The van der Waals surface area contributed by atoms with Crippen LogP contribution in [0.3, 0.4) is 0 Å². The van der Waals surface area contributed by atoms with Crippen molar-refractivity contribution in [3.8, 4) is 23.3 Å². The number of piperazine rings is 1. The number of nitrogens with zero attached hydrogens (tertiary/aromatic N) is 6. The van der Waals surface area contributed by atoms with Crippen molar-refractivity contribution in [1.29, 1.82) is 5.26 Å². The Morgan fingerprint density at radius 2 is 1.87 bits per heavy atom. The van der Waals surface area contributed by atoms with Gasteiger partial charge in [-0.15, -0.1) is 11.3 Å². The average Bonchev–Trinajstić information content (AvgIpc) is 3.63. The third kappa shape index (κ3) is 4.99. The molecule has 1 saturated carbocycles. The minimum atomic E-state index is -0.669. The van der Waals surface area contributed by atoms with Gasteiger partial charge >= 0.3 is 6.01 Å². The van der Waals surface area contributed by atoms with Gasteiger partial charge in [0.1, 0.15) is 33.9 Å². The van der Waals surface area contributed by atoms with Crippen LogP contribution in [0.4, 0.5) is 19.6 Å². The lowest BCUT2D eigenvalue weighted by atomic mass is 9.92. The van der Waals surface area contributed by atoms with Crippen molar-refractivity contribution in [3.63, 3.8) is 0 Å². The Bertz CT molecular complexity index is 1910. The minimum absolute atomic E-state index is 0.0199. The number of hydrogen-bond donors (Lipinski definition) is 2. The molecule has 3 aromatic heterocycles. The summed E-state index contributed by atoms with van der Waals surface area (Å²) in [5.41, 5.74) is 6.57. The molecule has 1 aromatic carbocycles. The van der Waals surface area contributed by atoms with Crippen molar-refractivity contribution in [1.82, 2.24) is 25.2 Å². The summed E-state index contributed by atoms with van der Waals surface area (Å²) in [7, 11) is 0. The third-order valence-corrected chi connectivity index (χ3v) is 12.0. The number of nitrogens with two attached hydrogens (primary N) is 1. The molecule has 4 unspecified atom stereocenters. The summed E-state index contributed by atoms with van der Waals surface area (Å²) in [6.07, 6.45) is 9.49. The van der Waals surface area contributed by atoms with Crippen LogP contribution < -0.4 is 20.7 Å². The molecule has 3 N–H and O–H groups in total. The van der Waals surface area contributed by atoms with Gasteiger partial charge < -0.3 is 25.4 Å². The predicted octanol–water partition coefficient (Wildman–Crippen LogP) is 4.99. The molecule has 4 aromatic rings. The van der Waals surface area contributed by atoms with Gasteiger partial charge in [0.15, 0.2) is 5.82 Å². The van der Waals surface area contributed by atoms with Crippen molar-refractivity contribution < 1.29 is 18.3 Å². The normalized spacial score (nSPS) is 26.5. The smallest absolute Gasteiger partial charge is 0.319 e. The van der Waals surface area contributed by atoms with Crippen LogP contribution in [0.5, 0.6) is 6.01 Å². The number of thiophene rings is 1. The summed E-state index contributed by atoms with van der Waals surface area (Å²) in [4.78, 5) is 19.0. The number of benzene rings is 1. The fourth-order valence-corrected chi connectivity index (χ4v) is 9.24.